The van der Waals surface area contributed by atoms with Crippen molar-refractivity contribution in [3.63, 3.8) is 0 Å². The molecule has 0 spiro atoms. The van der Waals surface area contributed by atoms with Crippen LogP contribution in [0.2, 0.25) is 0 Å². The minimum absolute atomic E-state index is 0.0459. The molecular weight excluding hydrogens is 330 g/mol. The monoisotopic (exact) mass is 361 g/mol. The smallest absolute Gasteiger partial charge is 0.317 e. The van der Waals surface area contributed by atoms with Crippen molar-refractivity contribution in [1.82, 2.24) is 15.1 Å². The van der Waals surface area contributed by atoms with Gasteiger partial charge in [-0.2, -0.15) is 0 Å². The molecule has 6 heteroatoms. The van der Waals surface area contributed by atoms with Crippen LogP contribution in [0, 0.1) is 6.92 Å². The average Bonchev–Trinajstić information content (AvgIpc) is 2.64. The van der Waals surface area contributed by atoms with E-state index in [1.54, 1.807) is 0 Å². The molecule has 1 heterocycles. The number of likely N-dealkylation sites (tertiary alicyclic amines) is 1. The number of carbonyl (C=O) groups excluding carboxylic acids is 1. The van der Waals surface area contributed by atoms with Crippen molar-refractivity contribution in [3.8, 4) is 0 Å². The molecule has 0 aromatic heterocycles. The number of carbonyl (C=O) groups is 2. The van der Waals surface area contributed by atoms with Crippen LogP contribution in [0.25, 0.3) is 0 Å². The fourth-order valence-corrected chi connectivity index (χ4v) is 3.62. The maximum atomic E-state index is 12.5. The van der Waals surface area contributed by atoms with Gasteiger partial charge >= 0.3 is 5.97 Å². The summed E-state index contributed by atoms with van der Waals surface area (Å²) in [5.74, 6) is -0.734. The molecule has 1 aromatic carbocycles. The molecule has 26 heavy (non-hydrogen) atoms. The van der Waals surface area contributed by atoms with Crippen LogP contribution in [0.5, 0.6) is 0 Å². The number of aryl methyl sites for hydroxylation is 1. The van der Waals surface area contributed by atoms with Crippen LogP contribution in [-0.2, 0) is 16.1 Å². The molecule has 144 valence electrons. The fraction of sp³-hybridized carbons (Fsp3) is 0.600. The normalized spacial score (nSPS) is 17.2. The van der Waals surface area contributed by atoms with E-state index in [1.807, 2.05) is 49.9 Å². The van der Waals surface area contributed by atoms with E-state index in [0.717, 1.165) is 38.0 Å². The van der Waals surface area contributed by atoms with E-state index in [4.69, 9.17) is 5.11 Å². The van der Waals surface area contributed by atoms with Crippen molar-refractivity contribution >= 4 is 11.9 Å². The number of amides is 1. The maximum Gasteiger partial charge on any atom is 0.317 e. The zero-order chi connectivity index (χ0) is 19.1. The Bertz CT molecular complexity index is 612. The number of likely N-dealkylation sites (N-methyl/N-ethyl adjacent to an activating group) is 1. The molecule has 1 aliphatic rings. The summed E-state index contributed by atoms with van der Waals surface area (Å²) in [4.78, 5) is 27.7. The number of hydrogen-bond acceptors (Lipinski definition) is 4. The number of hydrogen-bond donors (Lipinski definition) is 2. The highest BCUT2D eigenvalue weighted by molar-refractivity contribution is 5.81. The Balaban J connectivity index is 1.81. The predicted octanol–water partition coefficient (Wildman–Crippen LogP) is 1.87. The summed E-state index contributed by atoms with van der Waals surface area (Å²) < 4.78 is 0. The Kier molecular flexibility index (Phi) is 7.60. The van der Waals surface area contributed by atoms with E-state index >= 15 is 0 Å². The van der Waals surface area contributed by atoms with Gasteiger partial charge in [0.25, 0.3) is 0 Å². The van der Waals surface area contributed by atoms with Gasteiger partial charge in [0.05, 0.1) is 12.6 Å². The van der Waals surface area contributed by atoms with Crippen LogP contribution in [0.1, 0.15) is 37.8 Å². The first-order valence-corrected chi connectivity index (χ1v) is 9.44. The summed E-state index contributed by atoms with van der Waals surface area (Å²) in [7, 11) is 0. The van der Waals surface area contributed by atoms with Crippen LogP contribution in [-0.4, -0.2) is 65.0 Å². The average molecular weight is 361 g/mol. The van der Waals surface area contributed by atoms with E-state index in [1.165, 1.54) is 5.56 Å². The molecule has 2 rings (SSSR count). The van der Waals surface area contributed by atoms with Gasteiger partial charge in [0.15, 0.2) is 0 Å². The highest BCUT2D eigenvalue weighted by atomic mass is 16.4. The molecule has 2 N–H and O–H groups in total. The second kappa shape index (κ2) is 9.69. The molecular formula is C20H31N3O3. The molecule has 0 bridgehead atoms. The highest BCUT2D eigenvalue weighted by Crippen LogP contribution is 2.18. The van der Waals surface area contributed by atoms with E-state index in [2.05, 4.69) is 10.2 Å². The summed E-state index contributed by atoms with van der Waals surface area (Å²) in [6, 6.07) is 8.18. The van der Waals surface area contributed by atoms with E-state index in [9.17, 15) is 9.59 Å². The zero-order valence-corrected chi connectivity index (χ0v) is 16.1. The highest BCUT2D eigenvalue weighted by Gasteiger charge is 2.29. The summed E-state index contributed by atoms with van der Waals surface area (Å²) in [6.45, 7) is 9.01. The number of rotatable bonds is 8. The van der Waals surface area contributed by atoms with Crippen LogP contribution in [0.4, 0.5) is 0 Å². The van der Waals surface area contributed by atoms with Crippen molar-refractivity contribution in [2.75, 3.05) is 26.2 Å². The maximum absolute atomic E-state index is 12.5. The second-order valence-electron chi connectivity index (χ2n) is 7.04. The van der Waals surface area contributed by atoms with Gasteiger partial charge in [0, 0.05) is 25.7 Å². The van der Waals surface area contributed by atoms with Crippen LogP contribution in [0.15, 0.2) is 24.3 Å². The van der Waals surface area contributed by atoms with Crippen molar-refractivity contribution < 1.29 is 14.7 Å². The van der Waals surface area contributed by atoms with Crippen molar-refractivity contribution in [2.45, 2.75) is 52.2 Å². The first kappa shape index (κ1) is 20.4. The molecule has 1 atom stereocenters. The largest absolute Gasteiger partial charge is 0.480 e. The number of benzene rings is 1. The van der Waals surface area contributed by atoms with Gasteiger partial charge < -0.3 is 10.4 Å². The zero-order valence-electron chi connectivity index (χ0n) is 16.1. The van der Waals surface area contributed by atoms with Crippen molar-refractivity contribution in [1.29, 1.82) is 0 Å². The van der Waals surface area contributed by atoms with Gasteiger partial charge in [-0.3, -0.25) is 19.4 Å². The first-order valence-electron chi connectivity index (χ1n) is 9.44. The molecule has 1 aliphatic heterocycles. The van der Waals surface area contributed by atoms with E-state index < -0.39 is 5.97 Å². The number of nitrogens with zero attached hydrogens (tertiary/aromatic N) is 2. The Labute approximate surface area is 156 Å². The predicted molar refractivity (Wildman–Crippen MR) is 102 cm³/mol. The standard InChI is InChI=1S/C20H31N3O3/c1-4-22(14-19(24)25)18-9-11-23(12-10-18)16(3)20(26)21-13-17-8-6-5-7-15(17)2/h5-8,16,18H,4,9-14H2,1-3H3,(H,21,26)(H,24,25). The van der Waals surface area contributed by atoms with Crippen LogP contribution < -0.4 is 5.32 Å². The molecule has 1 aromatic rings. The lowest BCUT2D eigenvalue weighted by molar-refractivity contribution is -0.139. The van der Waals surface area contributed by atoms with Gasteiger partial charge in [0.2, 0.25) is 5.91 Å². The van der Waals surface area contributed by atoms with Crippen LogP contribution >= 0.6 is 0 Å². The Morgan fingerprint density at radius 1 is 1.31 bits per heavy atom. The van der Waals surface area contributed by atoms with Crippen molar-refractivity contribution in [3.05, 3.63) is 35.4 Å². The van der Waals surface area contributed by atoms with Crippen LogP contribution in [0.3, 0.4) is 0 Å². The molecule has 0 radical (unpaired) electrons. The number of carboxylic acid groups (broad SMARTS) is 1. The lowest BCUT2D eigenvalue weighted by Gasteiger charge is -2.39. The first-order chi connectivity index (χ1) is 12.4. The lowest BCUT2D eigenvalue weighted by Crippen LogP contribution is -2.52. The SMILES string of the molecule is CCN(CC(=O)O)C1CCN(C(C)C(=O)NCc2ccccc2C)CC1. The van der Waals surface area contributed by atoms with Gasteiger partial charge in [-0.05, 0) is 44.4 Å². The molecule has 1 amide bonds. The van der Waals surface area contributed by atoms with E-state index in [-0.39, 0.29) is 24.5 Å². The number of piperidine rings is 1. The molecule has 1 saturated heterocycles. The Morgan fingerprint density at radius 2 is 1.96 bits per heavy atom. The van der Waals surface area contributed by atoms with Gasteiger partial charge in [-0.15, -0.1) is 0 Å². The number of aliphatic carboxylic acids is 1. The summed E-state index contributed by atoms with van der Waals surface area (Å²) >= 11 is 0. The molecule has 0 saturated carbocycles. The Hall–Kier alpha value is -1.92. The topological polar surface area (TPSA) is 72.9 Å². The summed E-state index contributed by atoms with van der Waals surface area (Å²) in [6.07, 6.45) is 1.80. The third-order valence-corrected chi connectivity index (χ3v) is 5.40. The molecule has 6 nitrogen and oxygen atoms in total. The van der Waals surface area contributed by atoms with Gasteiger partial charge in [0.1, 0.15) is 0 Å². The minimum Gasteiger partial charge on any atom is -0.480 e. The molecule has 1 fully saturated rings. The summed E-state index contributed by atoms with van der Waals surface area (Å²) in [5, 5.41) is 12.1. The third kappa shape index (κ3) is 5.54. The second-order valence-corrected chi connectivity index (χ2v) is 7.04. The molecule has 0 aliphatic carbocycles. The van der Waals surface area contributed by atoms with E-state index in [0.29, 0.717) is 6.54 Å². The minimum atomic E-state index is -0.779. The molecule has 1 unspecified atom stereocenters. The quantitative estimate of drug-likeness (QED) is 0.740. The Morgan fingerprint density at radius 3 is 2.54 bits per heavy atom. The van der Waals surface area contributed by atoms with Gasteiger partial charge in [-0.1, -0.05) is 31.2 Å². The lowest BCUT2D eigenvalue weighted by atomic mass is 10.0. The van der Waals surface area contributed by atoms with Crippen molar-refractivity contribution in [2.24, 2.45) is 0 Å². The summed E-state index contributed by atoms with van der Waals surface area (Å²) in [5.41, 5.74) is 2.32. The third-order valence-electron chi connectivity index (χ3n) is 5.40. The number of nitrogens with one attached hydrogen (secondary N) is 1. The number of carboxylic acids is 1. The van der Waals surface area contributed by atoms with Gasteiger partial charge in [-0.25, -0.2) is 0 Å². The fourth-order valence-electron chi connectivity index (χ4n) is 3.62.